The van der Waals surface area contributed by atoms with Crippen LogP contribution in [0.4, 0.5) is 10.1 Å². The summed E-state index contributed by atoms with van der Waals surface area (Å²) in [5, 5.41) is 8.64. The van der Waals surface area contributed by atoms with Gasteiger partial charge in [0.15, 0.2) is 0 Å². The van der Waals surface area contributed by atoms with Crippen molar-refractivity contribution < 1.29 is 4.39 Å². The first-order valence-electron chi connectivity index (χ1n) is 5.45. The van der Waals surface area contributed by atoms with Crippen LogP contribution < -0.4 is 4.90 Å². The standard InChI is InChI=1S/C13H17FN2/c1-10(2)6-7-16(3)13-5-4-11(9-15)8-12(13)14/h4-5,8,10H,6-7H2,1-3H3. The molecule has 86 valence electrons. The van der Waals surface area contributed by atoms with E-state index in [1.807, 2.05) is 18.0 Å². The Hall–Kier alpha value is -1.56. The second-order valence-corrected chi connectivity index (χ2v) is 4.38. The Morgan fingerprint density at radius 2 is 2.12 bits per heavy atom. The van der Waals surface area contributed by atoms with Crippen molar-refractivity contribution in [2.45, 2.75) is 20.3 Å². The lowest BCUT2D eigenvalue weighted by molar-refractivity contribution is 0.574. The molecule has 16 heavy (non-hydrogen) atoms. The van der Waals surface area contributed by atoms with E-state index in [1.54, 1.807) is 12.1 Å². The maximum absolute atomic E-state index is 13.6. The van der Waals surface area contributed by atoms with Gasteiger partial charge in [0.2, 0.25) is 0 Å². The first-order valence-corrected chi connectivity index (χ1v) is 5.45. The molecule has 0 atom stereocenters. The van der Waals surface area contributed by atoms with Crippen LogP contribution in [-0.2, 0) is 0 Å². The number of hydrogen-bond donors (Lipinski definition) is 0. The van der Waals surface area contributed by atoms with Crippen LogP contribution in [0.2, 0.25) is 0 Å². The third kappa shape index (κ3) is 3.23. The molecule has 1 aromatic rings. The lowest BCUT2D eigenvalue weighted by atomic mass is 10.1. The zero-order valence-corrected chi connectivity index (χ0v) is 10.00. The van der Waals surface area contributed by atoms with Gasteiger partial charge in [0.25, 0.3) is 0 Å². The second kappa shape index (κ2) is 5.50. The number of halogens is 1. The predicted octanol–water partition coefficient (Wildman–Crippen LogP) is 3.18. The minimum atomic E-state index is -0.328. The summed E-state index contributed by atoms with van der Waals surface area (Å²) in [5.41, 5.74) is 0.915. The molecule has 1 aromatic carbocycles. The highest BCUT2D eigenvalue weighted by Crippen LogP contribution is 2.19. The molecule has 0 fully saturated rings. The summed E-state index contributed by atoms with van der Waals surface area (Å²) in [4.78, 5) is 1.89. The smallest absolute Gasteiger partial charge is 0.147 e. The number of nitriles is 1. The van der Waals surface area contributed by atoms with E-state index in [1.165, 1.54) is 6.07 Å². The predicted molar refractivity (Wildman–Crippen MR) is 63.8 cm³/mol. The molecule has 0 aliphatic heterocycles. The van der Waals surface area contributed by atoms with Gasteiger partial charge in [0, 0.05) is 13.6 Å². The monoisotopic (exact) mass is 220 g/mol. The van der Waals surface area contributed by atoms with Gasteiger partial charge in [0.1, 0.15) is 5.82 Å². The maximum Gasteiger partial charge on any atom is 0.147 e. The van der Waals surface area contributed by atoms with Crippen molar-refractivity contribution in [1.29, 1.82) is 5.26 Å². The molecule has 0 aliphatic rings. The highest BCUT2D eigenvalue weighted by molar-refractivity contribution is 5.50. The molecule has 2 nitrogen and oxygen atoms in total. The zero-order valence-electron chi connectivity index (χ0n) is 10.00. The van der Waals surface area contributed by atoms with Gasteiger partial charge in [-0.2, -0.15) is 5.26 Å². The van der Waals surface area contributed by atoms with Crippen LogP contribution in [0, 0.1) is 23.1 Å². The fourth-order valence-electron chi connectivity index (χ4n) is 1.46. The van der Waals surface area contributed by atoms with Crippen LogP contribution in [0.15, 0.2) is 18.2 Å². The van der Waals surface area contributed by atoms with Gasteiger partial charge < -0.3 is 4.90 Å². The molecule has 3 heteroatoms. The van der Waals surface area contributed by atoms with Crippen molar-refractivity contribution in [3.63, 3.8) is 0 Å². The quantitative estimate of drug-likeness (QED) is 0.779. The summed E-state index contributed by atoms with van der Waals surface area (Å²) in [6.45, 7) is 5.10. The maximum atomic E-state index is 13.6. The zero-order chi connectivity index (χ0) is 12.1. The van der Waals surface area contributed by atoms with Gasteiger partial charge in [-0.3, -0.25) is 0 Å². The fraction of sp³-hybridized carbons (Fsp3) is 0.462. The third-order valence-electron chi connectivity index (χ3n) is 2.53. The van der Waals surface area contributed by atoms with E-state index in [9.17, 15) is 4.39 Å². The summed E-state index contributed by atoms with van der Waals surface area (Å²) in [6, 6.07) is 6.51. The van der Waals surface area contributed by atoms with Crippen LogP contribution in [0.3, 0.4) is 0 Å². The molecule has 0 aliphatic carbocycles. The van der Waals surface area contributed by atoms with Crippen molar-refractivity contribution >= 4 is 5.69 Å². The highest BCUT2D eigenvalue weighted by atomic mass is 19.1. The fourth-order valence-corrected chi connectivity index (χ4v) is 1.46. The number of anilines is 1. The molecule has 0 heterocycles. The van der Waals surface area contributed by atoms with Crippen molar-refractivity contribution in [1.82, 2.24) is 0 Å². The lowest BCUT2D eigenvalue weighted by Crippen LogP contribution is -2.21. The molecule has 0 radical (unpaired) electrons. The van der Waals surface area contributed by atoms with Gasteiger partial charge >= 0.3 is 0 Å². The van der Waals surface area contributed by atoms with E-state index in [4.69, 9.17) is 5.26 Å². The molecule has 0 unspecified atom stereocenters. The summed E-state index contributed by atoms with van der Waals surface area (Å²) in [6.07, 6.45) is 1.02. The molecular weight excluding hydrogens is 203 g/mol. The molecule has 1 rings (SSSR count). The third-order valence-corrected chi connectivity index (χ3v) is 2.53. The Balaban J connectivity index is 2.76. The Morgan fingerprint density at radius 3 is 2.62 bits per heavy atom. The van der Waals surface area contributed by atoms with E-state index in [2.05, 4.69) is 13.8 Å². The van der Waals surface area contributed by atoms with Crippen molar-refractivity contribution in [2.24, 2.45) is 5.92 Å². The first kappa shape index (κ1) is 12.5. The summed E-state index contributed by atoms with van der Waals surface area (Å²) in [7, 11) is 1.87. The topological polar surface area (TPSA) is 27.0 Å². The molecular formula is C13H17FN2. The minimum Gasteiger partial charge on any atom is -0.372 e. The first-order chi connectivity index (χ1) is 7.54. The van der Waals surface area contributed by atoms with E-state index in [0.29, 0.717) is 17.2 Å². The van der Waals surface area contributed by atoms with Crippen molar-refractivity contribution in [3.05, 3.63) is 29.6 Å². The Morgan fingerprint density at radius 1 is 1.44 bits per heavy atom. The van der Waals surface area contributed by atoms with Gasteiger partial charge in [0.05, 0.1) is 17.3 Å². The average Bonchev–Trinajstić information content (AvgIpc) is 2.25. The van der Waals surface area contributed by atoms with Crippen LogP contribution in [0.5, 0.6) is 0 Å². The Labute approximate surface area is 96.3 Å². The SMILES string of the molecule is CC(C)CCN(C)c1ccc(C#N)cc1F. The van der Waals surface area contributed by atoms with Gasteiger partial charge in [-0.15, -0.1) is 0 Å². The minimum absolute atomic E-state index is 0.328. The molecule has 0 saturated heterocycles. The summed E-state index contributed by atoms with van der Waals surface area (Å²) >= 11 is 0. The van der Waals surface area contributed by atoms with Gasteiger partial charge in [-0.1, -0.05) is 13.8 Å². The summed E-state index contributed by atoms with van der Waals surface area (Å²) in [5.74, 6) is 0.272. The number of rotatable bonds is 4. The molecule has 0 bridgehead atoms. The van der Waals surface area contributed by atoms with Gasteiger partial charge in [-0.25, -0.2) is 4.39 Å². The Bertz CT molecular complexity index is 393. The molecule has 0 spiro atoms. The van der Waals surface area contributed by atoms with Crippen LogP contribution >= 0.6 is 0 Å². The van der Waals surface area contributed by atoms with Gasteiger partial charge in [-0.05, 0) is 30.5 Å². The van der Waals surface area contributed by atoms with E-state index in [-0.39, 0.29) is 5.82 Å². The van der Waals surface area contributed by atoms with E-state index >= 15 is 0 Å². The van der Waals surface area contributed by atoms with Crippen molar-refractivity contribution in [3.8, 4) is 6.07 Å². The normalized spacial score (nSPS) is 10.2. The van der Waals surface area contributed by atoms with Crippen LogP contribution in [-0.4, -0.2) is 13.6 Å². The molecule has 0 saturated carbocycles. The van der Waals surface area contributed by atoms with E-state index in [0.717, 1.165) is 13.0 Å². The largest absolute Gasteiger partial charge is 0.372 e. The average molecular weight is 220 g/mol. The number of benzene rings is 1. The molecule has 0 aromatic heterocycles. The summed E-state index contributed by atoms with van der Waals surface area (Å²) < 4.78 is 13.6. The highest BCUT2D eigenvalue weighted by Gasteiger charge is 2.08. The number of hydrogen-bond acceptors (Lipinski definition) is 2. The van der Waals surface area contributed by atoms with E-state index < -0.39 is 0 Å². The molecule has 0 amide bonds. The second-order valence-electron chi connectivity index (χ2n) is 4.38. The molecule has 0 N–H and O–H groups in total. The number of nitrogens with zero attached hydrogens (tertiary/aromatic N) is 2. The van der Waals surface area contributed by atoms with Crippen molar-refractivity contribution in [2.75, 3.05) is 18.5 Å². The Kier molecular flexibility index (Phi) is 4.30. The van der Waals surface area contributed by atoms with Crippen LogP contribution in [0.25, 0.3) is 0 Å². The van der Waals surface area contributed by atoms with Crippen LogP contribution in [0.1, 0.15) is 25.8 Å². The lowest BCUT2D eigenvalue weighted by Gasteiger charge is -2.20.